The minimum atomic E-state index is -1.21. The van der Waals surface area contributed by atoms with Gasteiger partial charge in [0.1, 0.15) is 35.3 Å². The van der Waals surface area contributed by atoms with Crippen molar-refractivity contribution in [1.29, 1.82) is 0 Å². The summed E-state index contributed by atoms with van der Waals surface area (Å²) in [4.78, 5) is 11.1. The van der Waals surface area contributed by atoms with Crippen LogP contribution in [0.25, 0.3) is 0 Å². The van der Waals surface area contributed by atoms with Gasteiger partial charge in [0.05, 0.1) is 12.7 Å². The molecule has 21 heavy (non-hydrogen) atoms. The smallest absolute Gasteiger partial charge is 0.339 e. The van der Waals surface area contributed by atoms with Gasteiger partial charge < -0.3 is 14.6 Å². The molecular weight excluding hydrogens is 282 g/mol. The Morgan fingerprint density at radius 2 is 1.86 bits per heavy atom. The number of carbonyl (C=O) groups is 1. The third-order valence-electron chi connectivity index (χ3n) is 2.85. The van der Waals surface area contributed by atoms with Gasteiger partial charge in [-0.2, -0.15) is 0 Å². The van der Waals surface area contributed by atoms with Crippen molar-refractivity contribution in [3.63, 3.8) is 0 Å². The van der Waals surface area contributed by atoms with Crippen LogP contribution in [-0.4, -0.2) is 18.2 Å². The maximum atomic E-state index is 13.5. The van der Waals surface area contributed by atoms with Gasteiger partial charge >= 0.3 is 5.97 Å². The van der Waals surface area contributed by atoms with Gasteiger partial charge in [-0.25, -0.2) is 13.6 Å². The van der Waals surface area contributed by atoms with Gasteiger partial charge in [-0.3, -0.25) is 0 Å². The predicted molar refractivity (Wildman–Crippen MR) is 70.6 cm³/mol. The number of rotatable bonds is 5. The summed E-state index contributed by atoms with van der Waals surface area (Å²) in [5, 5.41) is 9.07. The normalized spacial score (nSPS) is 10.2. The standard InChI is InChI=1S/C15H12F2O4/c1-20-9-5-6-10(15(18)19)14(7-9)21-8-11-12(16)3-2-4-13(11)17/h2-7H,8H2,1H3,(H,18,19). The van der Waals surface area contributed by atoms with E-state index in [-0.39, 0.29) is 16.9 Å². The van der Waals surface area contributed by atoms with Crippen LogP contribution in [-0.2, 0) is 6.61 Å². The van der Waals surface area contributed by atoms with E-state index >= 15 is 0 Å². The summed E-state index contributed by atoms with van der Waals surface area (Å²) in [7, 11) is 1.41. The molecule has 0 atom stereocenters. The van der Waals surface area contributed by atoms with E-state index < -0.39 is 24.2 Å². The highest BCUT2D eigenvalue weighted by Gasteiger charge is 2.15. The zero-order chi connectivity index (χ0) is 15.4. The van der Waals surface area contributed by atoms with Gasteiger partial charge in [-0.05, 0) is 24.3 Å². The molecule has 0 amide bonds. The largest absolute Gasteiger partial charge is 0.497 e. The molecule has 110 valence electrons. The van der Waals surface area contributed by atoms with Crippen LogP contribution in [0, 0.1) is 11.6 Å². The first-order valence-corrected chi connectivity index (χ1v) is 6.00. The van der Waals surface area contributed by atoms with Crippen molar-refractivity contribution >= 4 is 5.97 Å². The van der Waals surface area contributed by atoms with Crippen LogP contribution in [0.4, 0.5) is 8.78 Å². The number of carboxylic acids is 1. The van der Waals surface area contributed by atoms with E-state index in [0.29, 0.717) is 5.75 Å². The Hall–Kier alpha value is -2.63. The monoisotopic (exact) mass is 294 g/mol. The number of ether oxygens (including phenoxy) is 2. The van der Waals surface area contributed by atoms with Gasteiger partial charge in [0, 0.05) is 6.07 Å². The summed E-state index contributed by atoms with van der Waals surface area (Å²) in [5.74, 6) is -2.36. The second kappa shape index (κ2) is 6.21. The van der Waals surface area contributed by atoms with Crippen LogP contribution in [0.3, 0.4) is 0 Å². The zero-order valence-corrected chi connectivity index (χ0v) is 11.1. The fourth-order valence-corrected chi connectivity index (χ4v) is 1.75. The van der Waals surface area contributed by atoms with E-state index in [4.69, 9.17) is 14.6 Å². The minimum Gasteiger partial charge on any atom is -0.497 e. The molecule has 2 aromatic rings. The van der Waals surface area contributed by atoms with Crippen LogP contribution in [0.15, 0.2) is 36.4 Å². The van der Waals surface area contributed by atoms with Crippen LogP contribution in [0.2, 0.25) is 0 Å². The third kappa shape index (κ3) is 3.28. The van der Waals surface area contributed by atoms with Crippen molar-refractivity contribution in [2.75, 3.05) is 7.11 Å². The third-order valence-corrected chi connectivity index (χ3v) is 2.85. The van der Waals surface area contributed by atoms with Crippen molar-refractivity contribution in [2.24, 2.45) is 0 Å². The summed E-state index contributed by atoms with van der Waals surface area (Å²) < 4.78 is 37.2. The average molecular weight is 294 g/mol. The van der Waals surface area contributed by atoms with Crippen molar-refractivity contribution in [2.45, 2.75) is 6.61 Å². The number of aromatic carboxylic acids is 1. The molecule has 0 heterocycles. The minimum absolute atomic E-state index is 0.0236. The van der Waals surface area contributed by atoms with Crippen molar-refractivity contribution in [3.8, 4) is 11.5 Å². The highest BCUT2D eigenvalue weighted by molar-refractivity contribution is 5.91. The molecule has 0 aliphatic carbocycles. The van der Waals surface area contributed by atoms with Crippen LogP contribution in [0.1, 0.15) is 15.9 Å². The van der Waals surface area contributed by atoms with Gasteiger partial charge in [-0.1, -0.05) is 6.07 Å². The van der Waals surface area contributed by atoms with E-state index in [1.165, 1.54) is 31.4 Å². The van der Waals surface area contributed by atoms with Crippen molar-refractivity contribution in [1.82, 2.24) is 0 Å². The van der Waals surface area contributed by atoms with Crippen LogP contribution >= 0.6 is 0 Å². The second-order valence-electron chi connectivity index (χ2n) is 4.16. The molecule has 0 spiro atoms. The first kappa shape index (κ1) is 14.8. The quantitative estimate of drug-likeness (QED) is 0.919. The molecule has 0 fully saturated rings. The maximum absolute atomic E-state index is 13.5. The molecule has 4 nitrogen and oxygen atoms in total. The SMILES string of the molecule is COc1ccc(C(=O)O)c(OCc2c(F)cccc2F)c1. The highest BCUT2D eigenvalue weighted by Crippen LogP contribution is 2.26. The van der Waals surface area contributed by atoms with E-state index in [0.717, 1.165) is 12.1 Å². The molecule has 1 N–H and O–H groups in total. The Morgan fingerprint density at radius 1 is 1.19 bits per heavy atom. The van der Waals surface area contributed by atoms with E-state index in [9.17, 15) is 13.6 Å². The summed E-state index contributed by atoms with van der Waals surface area (Å²) in [5.41, 5.74) is -0.385. The molecule has 2 rings (SSSR count). The number of methoxy groups -OCH3 is 1. The maximum Gasteiger partial charge on any atom is 0.339 e. The Kier molecular flexibility index (Phi) is 4.37. The summed E-state index contributed by atoms with van der Waals surface area (Å²) in [6.07, 6.45) is 0. The number of carboxylic acid groups (broad SMARTS) is 1. The fraction of sp³-hybridized carbons (Fsp3) is 0.133. The average Bonchev–Trinajstić information content (AvgIpc) is 2.46. The Bertz CT molecular complexity index is 650. The molecule has 2 aromatic carbocycles. The zero-order valence-electron chi connectivity index (χ0n) is 11.1. The number of halogens is 2. The molecule has 0 radical (unpaired) electrons. The van der Waals surface area contributed by atoms with E-state index in [2.05, 4.69) is 0 Å². The highest BCUT2D eigenvalue weighted by atomic mass is 19.1. The van der Waals surface area contributed by atoms with Crippen molar-refractivity contribution < 1.29 is 28.2 Å². The first-order chi connectivity index (χ1) is 10.0. The van der Waals surface area contributed by atoms with Gasteiger partial charge in [-0.15, -0.1) is 0 Å². The van der Waals surface area contributed by atoms with Crippen molar-refractivity contribution in [3.05, 3.63) is 59.2 Å². The summed E-state index contributed by atoms with van der Waals surface area (Å²) >= 11 is 0. The lowest BCUT2D eigenvalue weighted by atomic mass is 10.2. The van der Waals surface area contributed by atoms with Crippen LogP contribution in [0.5, 0.6) is 11.5 Å². The Balaban J connectivity index is 2.28. The summed E-state index contributed by atoms with van der Waals surface area (Å²) in [6, 6.07) is 7.55. The molecule has 0 aliphatic heterocycles. The second-order valence-corrected chi connectivity index (χ2v) is 4.16. The molecule has 0 unspecified atom stereocenters. The fourth-order valence-electron chi connectivity index (χ4n) is 1.75. The summed E-state index contributed by atoms with van der Waals surface area (Å²) in [6.45, 7) is -0.425. The first-order valence-electron chi connectivity index (χ1n) is 6.00. The Labute approximate surface area is 119 Å². The number of hydrogen-bond donors (Lipinski definition) is 1. The molecule has 0 aromatic heterocycles. The van der Waals surface area contributed by atoms with Gasteiger partial charge in [0.2, 0.25) is 0 Å². The lowest BCUT2D eigenvalue weighted by molar-refractivity contribution is 0.0691. The van der Waals surface area contributed by atoms with E-state index in [1.807, 2.05) is 0 Å². The number of hydrogen-bond acceptors (Lipinski definition) is 3. The molecule has 0 aliphatic rings. The Morgan fingerprint density at radius 3 is 2.43 bits per heavy atom. The lowest BCUT2D eigenvalue weighted by Gasteiger charge is -2.11. The topological polar surface area (TPSA) is 55.8 Å². The lowest BCUT2D eigenvalue weighted by Crippen LogP contribution is -2.06. The van der Waals surface area contributed by atoms with Gasteiger partial charge in [0.25, 0.3) is 0 Å². The number of benzene rings is 2. The van der Waals surface area contributed by atoms with Crippen LogP contribution < -0.4 is 9.47 Å². The molecule has 0 saturated carbocycles. The van der Waals surface area contributed by atoms with Gasteiger partial charge in [0.15, 0.2) is 0 Å². The molecule has 0 bridgehead atoms. The molecule has 6 heteroatoms. The molecular formula is C15H12F2O4. The van der Waals surface area contributed by atoms with E-state index in [1.54, 1.807) is 0 Å². The predicted octanol–water partition coefficient (Wildman–Crippen LogP) is 3.25. The molecule has 0 saturated heterocycles.